The van der Waals surface area contributed by atoms with Crippen molar-refractivity contribution in [2.24, 2.45) is 0 Å². The first kappa shape index (κ1) is 13.0. The van der Waals surface area contributed by atoms with Crippen LogP contribution in [0.3, 0.4) is 0 Å². The molecule has 7 heteroatoms. The zero-order valence-electron chi connectivity index (χ0n) is 9.23. The van der Waals surface area contributed by atoms with Crippen LogP contribution in [-0.2, 0) is 4.74 Å². The van der Waals surface area contributed by atoms with Gasteiger partial charge in [0.25, 0.3) is 0 Å². The molecular formula is C9H17N3O3S. The maximum absolute atomic E-state index is 8.51. The molecule has 1 heterocycles. The molecule has 0 fully saturated rings. The number of nitrogen functional groups attached to an aromatic ring is 1. The minimum absolute atomic E-state index is 0.0394. The van der Waals surface area contributed by atoms with Crippen LogP contribution in [0.1, 0.15) is 6.92 Å². The molecule has 0 saturated heterocycles. The number of ether oxygens (including phenoxy) is 2. The van der Waals surface area contributed by atoms with E-state index in [1.54, 1.807) is 0 Å². The number of rotatable bonds is 8. The van der Waals surface area contributed by atoms with Gasteiger partial charge in [0.1, 0.15) is 0 Å². The van der Waals surface area contributed by atoms with Crippen LogP contribution < -0.4 is 15.8 Å². The topological polar surface area (TPSA) is 89.6 Å². The third kappa shape index (κ3) is 3.84. The number of nitrogens with zero attached hydrogens (tertiary/aromatic N) is 1. The number of nitrogens with two attached hydrogens (primary N) is 1. The Kier molecular flexibility index (Phi) is 5.91. The second-order valence-electron chi connectivity index (χ2n) is 2.92. The molecule has 0 amide bonds. The fourth-order valence-corrected chi connectivity index (χ4v) is 1.78. The number of hydrogen-bond acceptors (Lipinski definition) is 7. The van der Waals surface area contributed by atoms with Gasteiger partial charge in [0.05, 0.1) is 26.4 Å². The van der Waals surface area contributed by atoms with Crippen LogP contribution in [0, 0.1) is 0 Å². The van der Waals surface area contributed by atoms with Crippen LogP contribution in [0.25, 0.3) is 0 Å². The summed E-state index contributed by atoms with van der Waals surface area (Å²) >= 11 is 1.26. The molecular weight excluding hydrogens is 230 g/mol. The summed E-state index contributed by atoms with van der Waals surface area (Å²) in [7, 11) is 0. The highest BCUT2D eigenvalue weighted by atomic mass is 32.1. The van der Waals surface area contributed by atoms with Gasteiger partial charge in [-0.1, -0.05) is 0 Å². The monoisotopic (exact) mass is 247 g/mol. The molecule has 1 rings (SSSR count). The van der Waals surface area contributed by atoms with Crippen LogP contribution in [0.15, 0.2) is 0 Å². The molecule has 4 N–H and O–H groups in total. The average Bonchev–Trinajstić information content (AvgIpc) is 2.62. The number of anilines is 2. The van der Waals surface area contributed by atoms with Gasteiger partial charge in [-0.15, -0.1) is 0 Å². The second-order valence-corrected chi connectivity index (χ2v) is 3.70. The van der Waals surface area contributed by atoms with Crippen LogP contribution >= 0.6 is 11.5 Å². The van der Waals surface area contributed by atoms with Gasteiger partial charge < -0.3 is 25.6 Å². The Morgan fingerprint density at radius 2 is 2.31 bits per heavy atom. The van der Waals surface area contributed by atoms with Gasteiger partial charge in [-0.3, -0.25) is 0 Å². The van der Waals surface area contributed by atoms with Crippen molar-refractivity contribution >= 4 is 22.4 Å². The maximum Gasteiger partial charge on any atom is 0.197 e. The summed E-state index contributed by atoms with van der Waals surface area (Å²) < 4.78 is 14.5. The highest BCUT2D eigenvalue weighted by Gasteiger charge is 2.11. The number of aromatic nitrogens is 1. The summed E-state index contributed by atoms with van der Waals surface area (Å²) in [5.74, 6) is 1.01. The van der Waals surface area contributed by atoms with Crippen LogP contribution in [0.5, 0.6) is 5.75 Å². The Labute approximate surface area is 98.5 Å². The van der Waals surface area contributed by atoms with Gasteiger partial charge in [-0.2, -0.15) is 4.37 Å². The van der Waals surface area contributed by atoms with Gasteiger partial charge in [-0.05, 0) is 18.5 Å². The van der Waals surface area contributed by atoms with Crippen molar-refractivity contribution < 1.29 is 14.6 Å². The van der Waals surface area contributed by atoms with E-state index in [0.717, 1.165) is 5.00 Å². The number of aliphatic hydroxyl groups is 1. The van der Waals surface area contributed by atoms with Gasteiger partial charge >= 0.3 is 0 Å². The molecule has 0 radical (unpaired) electrons. The first-order valence-electron chi connectivity index (χ1n) is 5.10. The predicted molar refractivity (Wildman–Crippen MR) is 64.1 cm³/mol. The Morgan fingerprint density at radius 3 is 3.00 bits per heavy atom. The van der Waals surface area contributed by atoms with Crippen molar-refractivity contribution in [1.29, 1.82) is 0 Å². The Bertz CT molecular complexity index is 306. The van der Waals surface area contributed by atoms with Crippen molar-refractivity contribution in [1.82, 2.24) is 4.37 Å². The Hall–Kier alpha value is -1.05. The molecule has 0 bridgehead atoms. The lowest BCUT2D eigenvalue weighted by Gasteiger charge is -2.07. The predicted octanol–water partition coefficient (Wildman–Crippen LogP) is 0.545. The fourth-order valence-electron chi connectivity index (χ4n) is 1.09. The Balaban J connectivity index is 2.35. The first-order chi connectivity index (χ1) is 7.79. The van der Waals surface area contributed by atoms with E-state index in [0.29, 0.717) is 37.9 Å². The first-order valence-corrected chi connectivity index (χ1v) is 5.87. The van der Waals surface area contributed by atoms with E-state index in [1.807, 2.05) is 6.92 Å². The summed E-state index contributed by atoms with van der Waals surface area (Å²) in [4.78, 5) is 0. The van der Waals surface area contributed by atoms with Gasteiger partial charge in [-0.25, -0.2) is 0 Å². The maximum atomic E-state index is 8.51. The lowest BCUT2D eigenvalue weighted by atomic mass is 10.5. The van der Waals surface area contributed by atoms with Crippen molar-refractivity contribution in [3.8, 4) is 5.75 Å². The van der Waals surface area contributed by atoms with Crippen molar-refractivity contribution in [2.75, 3.05) is 44.0 Å². The molecule has 0 aliphatic rings. The lowest BCUT2D eigenvalue weighted by Crippen LogP contribution is -2.11. The van der Waals surface area contributed by atoms with Gasteiger partial charge in [0, 0.05) is 6.54 Å². The average molecular weight is 247 g/mol. The quantitative estimate of drug-likeness (QED) is 0.581. The summed E-state index contributed by atoms with van der Waals surface area (Å²) in [6, 6.07) is 0. The molecule has 1 aromatic rings. The molecule has 6 nitrogen and oxygen atoms in total. The number of aliphatic hydroxyl groups excluding tert-OH is 1. The molecule has 92 valence electrons. The molecule has 0 aromatic carbocycles. The van der Waals surface area contributed by atoms with Crippen LogP contribution in [0.4, 0.5) is 10.8 Å². The van der Waals surface area contributed by atoms with E-state index in [2.05, 4.69) is 9.69 Å². The van der Waals surface area contributed by atoms with Gasteiger partial charge in [0.15, 0.2) is 16.6 Å². The second kappa shape index (κ2) is 7.26. The minimum atomic E-state index is 0.0394. The molecule has 0 spiro atoms. The third-order valence-electron chi connectivity index (χ3n) is 1.73. The van der Waals surface area contributed by atoms with Crippen molar-refractivity contribution in [3.05, 3.63) is 0 Å². The van der Waals surface area contributed by atoms with E-state index < -0.39 is 0 Å². The normalized spacial score (nSPS) is 10.4. The number of hydrogen-bond donors (Lipinski definition) is 3. The van der Waals surface area contributed by atoms with E-state index in [1.165, 1.54) is 11.5 Å². The minimum Gasteiger partial charge on any atom is -0.487 e. The molecule has 0 aliphatic heterocycles. The summed E-state index contributed by atoms with van der Waals surface area (Å²) in [5.41, 5.74) is 5.65. The van der Waals surface area contributed by atoms with E-state index in [-0.39, 0.29) is 6.61 Å². The van der Waals surface area contributed by atoms with Crippen LogP contribution in [0.2, 0.25) is 0 Å². The molecule has 0 atom stereocenters. The molecule has 0 saturated carbocycles. The highest BCUT2D eigenvalue weighted by Crippen LogP contribution is 2.34. The molecule has 16 heavy (non-hydrogen) atoms. The largest absolute Gasteiger partial charge is 0.487 e. The molecule has 0 aliphatic carbocycles. The van der Waals surface area contributed by atoms with Crippen molar-refractivity contribution in [3.63, 3.8) is 0 Å². The van der Waals surface area contributed by atoms with E-state index in [9.17, 15) is 0 Å². The lowest BCUT2D eigenvalue weighted by molar-refractivity contribution is 0.0992. The summed E-state index contributed by atoms with van der Waals surface area (Å²) in [5, 5.41) is 12.4. The number of nitrogens with one attached hydrogen (secondary N) is 1. The van der Waals surface area contributed by atoms with Gasteiger partial charge in [0.2, 0.25) is 0 Å². The van der Waals surface area contributed by atoms with Crippen molar-refractivity contribution in [2.45, 2.75) is 6.92 Å². The zero-order chi connectivity index (χ0) is 11.8. The third-order valence-corrected chi connectivity index (χ3v) is 2.53. The fraction of sp³-hybridized carbons (Fsp3) is 0.667. The summed E-state index contributed by atoms with van der Waals surface area (Å²) in [6.45, 7) is 3.98. The van der Waals surface area contributed by atoms with Crippen LogP contribution in [-0.4, -0.2) is 42.5 Å². The zero-order valence-corrected chi connectivity index (χ0v) is 10.0. The SMILES string of the molecule is CCOc1c(N)nsc1NCCOCCO. The standard InChI is InChI=1S/C9H17N3O3S/c1-2-15-7-8(10)12-16-9(7)11-3-5-14-6-4-13/h11,13H,2-6H2,1H3,(H2,10,12). The van der Waals surface area contributed by atoms with E-state index >= 15 is 0 Å². The summed E-state index contributed by atoms with van der Waals surface area (Å²) in [6.07, 6.45) is 0. The van der Waals surface area contributed by atoms with E-state index in [4.69, 9.17) is 20.3 Å². The highest BCUT2D eigenvalue weighted by molar-refractivity contribution is 7.11. The Morgan fingerprint density at radius 1 is 1.50 bits per heavy atom. The molecule has 1 aromatic heterocycles. The smallest absolute Gasteiger partial charge is 0.197 e. The molecule has 0 unspecified atom stereocenters.